The average Bonchev–Trinajstić information content (AvgIpc) is 2.72. The predicted octanol–water partition coefficient (Wildman–Crippen LogP) is 4.59. The number of nitrogens with zero attached hydrogens (tertiary/aromatic N) is 1. The Hall–Kier alpha value is -1.03. The van der Waals surface area contributed by atoms with Gasteiger partial charge in [0.2, 0.25) is 5.91 Å². The number of carbonyl (C=O) groups is 1. The fourth-order valence-electron chi connectivity index (χ4n) is 3.65. The van der Waals surface area contributed by atoms with Crippen molar-refractivity contribution in [3.63, 3.8) is 0 Å². The van der Waals surface area contributed by atoms with Gasteiger partial charge in [-0.3, -0.25) is 9.69 Å². The first kappa shape index (κ1) is 14.9. The van der Waals surface area contributed by atoms with Crippen LogP contribution >= 0.6 is 11.8 Å². The van der Waals surface area contributed by atoms with Gasteiger partial charge in [-0.05, 0) is 62.8 Å². The van der Waals surface area contributed by atoms with Crippen molar-refractivity contribution in [1.82, 2.24) is 0 Å². The van der Waals surface area contributed by atoms with E-state index in [4.69, 9.17) is 0 Å². The molecule has 2 fully saturated rings. The molecule has 0 aromatic heterocycles. The lowest BCUT2D eigenvalue weighted by molar-refractivity contribution is -0.118. The largest absolute Gasteiger partial charge is 0.296 e. The number of benzene rings is 1. The van der Waals surface area contributed by atoms with Crippen LogP contribution < -0.4 is 4.90 Å². The maximum absolute atomic E-state index is 13.2. The summed E-state index contributed by atoms with van der Waals surface area (Å²) in [5.74, 6) is 0.702. The molecule has 114 valence electrons. The molecule has 1 amide bonds. The third kappa shape index (κ3) is 2.59. The minimum atomic E-state index is -0.255. The van der Waals surface area contributed by atoms with Gasteiger partial charge in [-0.25, -0.2) is 4.39 Å². The number of halogens is 1. The molecule has 1 unspecified atom stereocenters. The normalized spacial score (nSPS) is 32.9. The van der Waals surface area contributed by atoms with E-state index in [1.165, 1.54) is 31.4 Å². The highest BCUT2D eigenvalue weighted by molar-refractivity contribution is 8.02. The summed E-state index contributed by atoms with van der Waals surface area (Å²) in [6.07, 6.45) is 5.68. The minimum absolute atomic E-state index is 0.00627. The fraction of sp³-hybridized carbons (Fsp3) is 0.588. The number of hydrogen-bond donors (Lipinski definition) is 0. The van der Waals surface area contributed by atoms with E-state index in [9.17, 15) is 9.18 Å². The Morgan fingerprint density at radius 3 is 2.48 bits per heavy atom. The van der Waals surface area contributed by atoms with E-state index in [0.717, 1.165) is 24.4 Å². The Labute approximate surface area is 130 Å². The van der Waals surface area contributed by atoms with Crippen molar-refractivity contribution in [2.75, 3.05) is 4.90 Å². The van der Waals surface area contributed by atoms with E-state index in [-0.39, 0.29) is 21.8 Å². The van der Waals surface area contributed by atoms with Crippen molar-refractivity contribution in [1.29, 1.82) is 0 Å². The summed E-state index contributed by atoms with van der Waals surface area (Å²) in [4.78, 5) is 14.5. The average molecular weight is 307 g/mol. The fourth-order valence-corrected chi connectivity index (χ4v) is 5.28. The van der Waals surface area contributed by atoms with Crippen LogP contribution in [0.1, 0.15) is 46.0 Å². The van der Waals surface area contributed by atoms with E-state index in [1.807, 2.05) is 11.8 Å². The van der Waals surface area contributed by atoms with Crippen molar-refractivity contribution >= 4 is 23.4 Å². The van der Waals surface area contributed by atoms with Crippen LogP contribution in [0.25, 0.3) is 0 Å². The molecule has 1 atom stereocenters. The molecule has 0 radical (unpaired) electrons. The zero-order valence-corrected chi connectivity index (χ0v) is 13.5. The second-order valence-corrected chi connectivity index (χ2v) is 7.91. The molecule has 0 N–H and O–H groups in total. The second kappa shape index (κ2) is 5.64. The van der Waals surface area contributed by atoms with Crippen LogP contribution in [0, 0.1) is 11.7 Å². The number of carbonyl (C=O) groups excluding carboxylic acids is 1. The molecular weight excluding hydrogens is 285 g/mol. The van der Waals surface area contributed by atoms with Gasteiger partial charge in [-0.1, -0.05) is 13.3 Å². The lowest BCUT2D eigenvalue weighted by atomic mass is 9.83. The van der Waals surface area contributed by atoms with Crippen molar-refractivity contribution in [2.45, 2.75) is 56.1 Å². The molecule has 1 saturated heterocycles. The van der Waals surface area contributed by atoms with Crippen LogP contribution in [0.5, 0.6) is 0 Å². The zero-order valence-electron chi connectivity index (χ0n) is 12.6. The summed E-state index contributed by atoms with van der Waals surface area (Å²) >= 11 is 1.80. The van der Waals surface area contributed by atoms with Crippen molar-refractivity contribution < 1.29 is 9.18 Å². The number of hydrogen-bond acceptors (Lipinski definition) is 2. The van der Waals surface area contributed by atoms with Crippen LogP contribution in [-0.2, 0) is 4.79 Å². The maximum Gasteiger partial charge on any atom is 0.241 e. The van der Waals surface area contributed by atoms with Crippen LogP contribution in [0.4, 0.5) is 10.1 Å². The molecule has 1 heterocycles. The minimum Gasteiger partial charge on any atom is -0.296 e. The Kier molecular flexibility index (Phi) is 4.00. The molecule has 1 aliphatic carbocycles. The van der Waals surface area contributed by atoms with Gasteiger partial charge in [-0.2, -0.15) is 0 Å². The molecule has 1 aromatic carbocycles. The molecule has 1 saturated carbocycles. The number of anilines is 1. The summed E-state index contributed by atoms with van der Waals surface area (Å²) in [6.45, 7) is 4.24. The van der Waals surface area contributed by atoms with Gasteiger partial charge < -0.3 is 0 Å². The Morgan fingerprint density at radius 2 is 1.90 bits per heavy atom. The van der Waals surface area contributed by atoms with Gasteiger partial charge in [0.05, 0.1) is 10.1 Å². The Balaban J connectivity index is 1.91. The predicted molar refractivity (Wildman–Crippen MR) is 85.9 cm³/mol. The number of thioether (sulfide) groups is 1. The summed E-state index contributed by atoms with van der Waals surface area (Å²) in [7, 11) is 0. The second-order valence-electron chi connectivity index (χ2n) is 6.21. The molecular formula is C17H22FNOS. The third-order valence-electron chi connectivity index (χ3n) is 4.92. The van der Waals surface area contributed by atoms with Gasteiger partial charge in [-0.15, -0.1) is 11.8 Å². The summed E-state index contributed by atoms with van der Waals surface area (Å²) in [5.41, 5.74) is 0.841. The Bertz CT molecular complexity index is 522. The van der Waals surface area contributed by atoms with Crippen LogP contribution in [0.2, 0.25) is 0 Å². The van der Waals surface area contributed by atoms with E-state index in [2.05, 4.69) is 6.92 Å². The molecule has 4 heteroatoms. The summed E-state index contributed by atoms with van der Waals surface area (Å²) < 4.78 is 13.2. The van der Waals surface area contributed by atoms with Crippen LogP contribution in [-0.4, -0.2) is 16.0 Å². The highest BCUT2D eigenvalue weighted by atomic mass is 32.2. The molecule has 21 heavy (non-hydrogen) atoms. The molecule has 3 rings (SSSR count). The first-order chi connectivity index (χ1) is 10.1. The van der Waals surface area contributed by atoms with E-state index >= 15 is 0 Å². The van der Waals surface area contributed by atoms with Crippen molar-refractivity contribution in [2.24, 2.45) is 5.92 Å². The number of rotatable bonds is 2. The van der Waals surface area contributed by atoms with Gasteiger partial charge >= 0.3 is 0 Å². The van der Waals surface area contributed by atoms with Gasteiger partial charge in [0, 0.05) is 5.69 Å². The van der Waals surface area contributed by atoms with Crippen molar-refractivity contribution in [3.05, 3.63) is 30.1 Å². The first-order valence-electron chi connectivity index (χ1n) is 7.83. The summed E-state index contributed by atoms with van der Waals surface area (Å²) in [5, 5.41) is -0.00627. The number of amides is 1. The molecule has 1 spiro atoms. The molecule has 2 nitrogen and oxygen atoms in total. The molecule has 0 bridgehead atoms. The van der Waals surface area contributed by atoms with E-state index < -0.39 is 0 Å². The van der Waals surface area contributed by atoms with Crippen LogP contribution in [0.15, 0.2) is 24.3 Å². The highest BCUT2D eigenvalue weighted by Crippen LogP contribution is 2.53. The van der Waals surface area contributed by atoms with Gasteiger partial charge in [0.25, 0.3) is 0 Å². The van der Waals surface area contributed by atoms with E-state index in [1.54, 1.807) is 23.9 Å². The Morgan fingerprint density at radius 1 is 1.29 bits per heavy atom. The SMILES string of the molecule is CCC1CCC2(CC1)SC(C)C(=O)N2c1ccc(F)cc1. The topological polar surface area (TPSA) is 20.3 Å². The lowest BCUT2D eigenvalue weighted by Crippen LogP contribution is -2.47. The maximum atomic E-state index is 13.2. The molecule has 2 aliphatic rings. The monoisotopic (exact) mass is 307 g/mol. The molecule has 1 aliphatic heterocycles. The molecule has 1 aromatic rings. The van der Waals surface area contributed by atoms with Gasteiger partial charge in [0.1, 0.15) is 5.82 Å². The standard InChI is InChI=1S/C17H22FNOS/c1-3-13-8-10-17(11-9-13)19(16(20)12(2)21-17)15-6-4-14(18)5-7-15/h4-7,12-13H,3,8-11H2,1-2H3. The smallest absolute Gasteiger partial charge is 0.241 e. The highest BCUT2D eigenvalue weighted by Gasteiger charge is 2.51. The van der Waals surface area contributed by atoms with Gasteiger partial charge in [0.15, 0.2) is 0 Å². The quantitative estimate of drug-likeness (QED) is 0.796. The van der Waals surface area contributed by atoms with Crippen LogP contribution in [0.3, 0.4) is 0 Å². The first-order valence-corrected chi connectivity index (χ1v) is 8.71. The van der Waals surface area contributed by atoms with Crippen molar-refractivity contribution in [3.8, 4) is 0 Å². The summed E-state index contributed by atoms with van der Waals surface area (Å²) in [6, 6.07) is 6.36. The lowest BCUT2D eigenvalue weighted by Gasteiger charge is -2.42. The van der Waals surface area contributed by atoms with E-state index in [0.29, 0.717) is 0 Å². The zero-order chi connectivity index (χ0) is 15.0. The third-order valence-corrected chi connectivity index (χ3v) is 6.51.